The third-order valence-electron chi connectivity index (χ3n) is 2.67. The number of halogens is 2. The lowest BCUT2D eigenvalue weighted by atomic mass is 10.1. The van der Waals surface area contributed by atoms with Gasteiger partial charge in [0.25, 0.3) is 0 Å². The van der Waals surface area contributed by atoms with E-state index in [9.17, 15) is 9.18 Å². The van der Waals surface area contributed by atoms with Crippen LogP contribution in [0.3, 0.4) is 0 Å². The molecule has 0 saturated heterocycles. The molecule has 0 aliphatic carbocycles. The van der Waals surface area contributed by atoms with Crippen LogP contribution < -0.4 is 4.74 Å². The molecule has 20 heavy (non-hydrogen) atoms. The van der Waals surface area contributed by atoms with E-state index in [-0.39, 0.29) is 18.2 Å². The van der Waals surface area contributed by atoms with Crippen molar-refractivity contribution in [2.45, 2.75) is 4.90 Å². The molecule has 0 fully saturated rings. The van der Waals surface area contributed by atoms with E-state index in [1.807, 2.05) is 18.4 Å². The summed E-state index contributed by atoms with van der Waals surface area (Å²) in [6, 6.07) is 11.6. The Morgan fingerprint density at radius 2 is 1.95 bits per heavy atom. The average molecular weight is 355 g/mol. The second-order valence-corrected chi connectivity index (χ2v) is 5.75. The van der Waals surface area contributed by atoms with Crippen LogP contribution in [-0.2, 0) is 0 Å². The number of ketones is 1. The van der Waals surface area contributed by atoms with Crippen molar-refractivity contribution in [1.29, 1.82) is 0 Å². The van der Waals surface area contributed by atoms with Gasteiger partial charge in [-0.25, -0.2) is 4.39 Å². The maximum absolute atomic E-state index is 13.1. The molecule has 0 unspecified atom stereocenters. The maximum atomic E-state index is 13.1. The molecule has 0 spiro atoms. The van der Waals surface area contributed by atoms with Gasteiger partial charge in [-0.3, -0.25) is 4.79 Å². The molecule has 104 valence electrons. The lowest BCUT2D eigenvalue weighted by Crippen LogP contribution is -2.11. The first-order chi connectivity index (χ1) is 9.60. The molecular weight excluding hydrogens is 343 g/mol. The monoisotopic (exact) mass is 354 g/mol. The summed E-state index contributed by atoms with van der Waals surface area (Å²) in [6.45, 7) is -0.0727. The van der Waals surface area contributed by atoms with E-state index in [2.05, 4.69) is 15.9 Å². The summed E-state index contributed by atoms with van der Waals surface area (Å²) < 4.78 is 18.7. The second-order valence-electron chi connectivity index (χ2n) is 4.02. The minimum Gasteiger partial charge on any atom is -0.485 e. The quantitative estimate of drug-likeness (QED) is 0.581. The highest BCUT2D eigenvalue weighted by molar-refractivity contribution is 9.10. The molecule has 0 bridgehead atoms. The van der Waals surface area contributed by atoms with Crippen molar-refractivity contribution in [3.8, 4) is 5.75 Å². The minimum absolute atomic E-state index is 0.0727. The molecule has 5 heteroatoms. The zero-order valence-electron chi connectivity index (χ0n) is 10.7. The zero-order chi connectivity index (χ0) is 14.5. The molecule has 0 heterocycles. The van der Waals surface area contributed by atoms with Gasteiger partial charge < -0.3 is 4.74 Å². The number of carbonyl (C=O) groups excluding carboxylic acids is 1. The van der Waals surface area contributed by atoms with Crippen molar-refractivity contribution in [3.05, 3.63) is 58.3 Å². The van der Waals surface area contributed by atoms with Gasteiger partial charge in [0.1, 0.15) is 11.6 Å². The van der Waals surface area contributed by atoms with Gasteiger partial charge in [0.05, 0.1) is 4.47 Å². The summed E-state index contributed by atoms with van der Waals surface area (Å²) in [7, 11) is 0. The highest BCUT2D eigenvalue weighted by atomic mass is 79.9. The Labute approximate surface area is 129 Å². The summed E-state index contributed by atoms with van der Waals surface area (Å²) in [6.07, 6.45) is 1.98. The first kappa shape index (κ1) is 15.1. The number of rotatable bonds is 5. The number of carbonyl (C=O) groups is 1. The molecule has 0 radical (unpaired) electrons. The summed E-state index contributed by atoms with van der Waals surface area (Å²) in [4.78, 5) is 13.1. The summed E-state index contributed by atoms with van der Waals surface area (Å²) in [5.74, 6) is -0.0261. The third kappa shape index (κ3) is 3.84. The number of ether oxygens (including phenoxy) is 1. The van der Waals surface area contributed by atoms with Crippen LogP contribution in [0, 0.1) is 5.82 Å². The molecule has 0 aliphatic rings. The van der Waals surface area contributed by atoms with Crippen molar-refractivity contribution in [1.82, 2.24) is 0 Å². The number of hydrogen-bond acceptors (Lipinski definition) is 3. The fourth-order valence-corrected chi connectivity index (χ4v) is 2.34. The van der Waals surface area contributed by atoms with E-state index in [4.69, 9.17) is 4.74 Å². The maximum Gasteiger partial charge on any atom is 0.200 e. The van der Waals surface area contributed by atoms with Crippen LogP contribution in [0.5, 0.6) is 5.75 Å². The Hall–Kier alpha value is -1.33. The largest absolute Gasteiger partial charge is 0.485 e. The van der Waals surface area contributed by atoms with Crippen molar-refractivity contribution in [3.63, 3.8) is 0 Å². The molecule has 0 N–H and O–H groups in total. The third-order valence-corrected chi connectivity index (χ3v) is 4.02. The lowest BCUT2D eigenvalue weighted by molar-refractivity contribution is 0.0921. The van der Waals surface area contributed by atoms with E-state index in [1.54, 1.807) is 23.9 Å². The Bertz CT molecular complexity index is 614. The predicted octanol–water partition coefficient (Wildman–Crippen LogP) is 4.57. The number of Topliss-reactive ketones (excluding diaryl/α,β-unsaturated/α-hetero) is 1. The molecule has 2 nitrogen and oxygen atoms in total. The van der Waals surface area contributed by atoms with Gasteiger partial charge in [-0.05, 0) is 52.5 Å². The SMILES string of the molecule is CSc1ccc(C(=O)COc2ccc(F)c(Br)c2)cc1. The lowest BCUT2D eigenvalue weighted by Gasteiger charge is -2.06. The van der Waals surface area contributed by atoms with Gasteiger partial charge in [0.15, 0.2) is 12.4 Å². The molecule has 2 aromatic carbocycles. The minimum atomic E-state index is -0.365. The normalized spacial score (nSPS) is 10.3. The standard InChI is InChI=1S/C15H12BrFO2S/c1-20-12-5-2-10(3-6-12)15(18)9-19-11-4-7-14(17)13(16)8-11/h2-8H,9H2,1H3. The first-order valence-electron chi connectivity index (χ1n) is 5.85. The molecule has 2 aromatic rings. The van der Waals surface area contributed by atoms with E-state index >= 15 is 0 Å². The number of benzene rings is 2. The van der Waals surface area contributed by atoms with Crippen LogP contribution in [0.25, 0.3) is 0 Å². The van der Waals surface area contributed by atoms with Crippen LogP contribution in [0.15, 0.2) is 51.8 Å². The Balaban J connectivity index is 1.98. The Morgan fingerprint density at radius 1 is 1.25 bits per heavy atom. The van der Waals surface area contributed by atoms with Crippen molar-refractivity contribution in [2.24, 2.45) is 0 Å². The molecule has 0 saturated carbocycles. The molecule has 2 rings (SSSR count). The van der Waals surface area contributed by atoms with Gasteiger partial charge >= 0.3 is 0 Å². The van der Waals surface area contributed by atoms with Gasteiger partial charge in [0, 0.05) is 10.5 Å². The van der Waals surface area contributed by atoms with Crippen molar-refractivity contribution in [2.75, 3.05) is 12.9 Å². The van der Waals surface area contributed by atoms with Crippen LogP contribution >= 0.6 is 27.7 Å². The van der Waals surface area contributed by atoms with Crippen molar-refractivity contribution >= 4 is 33.5 Å². The molecule has 0 amide bonds. The smallest absolute Gasteiger partial charge is 0.200 e. The topological polar surface area (TPSA) is 26.3 Å². The second kappa shape index (κ2) is 6.90. The fraction of sp³-hybridized carbons (Fsp3) is 0.133. The Morgan fingerprint density at radius 3 is 2.55 bits per heavy atom. The fourth-order valence-electron chi connectivity index (χ4n) is 1.58. The van der Waals surface area contributed by atoms with Crippen molar-refractivity contribution < 1.29 is 13.9 Å². The van der Waals surface area contributed by atoms with Gasteiger partial charge in [-0.15, -0.1) is 11.8 Å². The molecule has 0 atom stereocenters. The average Bonchev–Trinajstić information content (AvgIpc) is 2.48. The molecule has 0 aromatic heterocycles. The highest BCUT2D eigenvalue weighted by Crippen LogP contribution is 2.22. The zero-order valence-corrected chi connectivity index (χ0v) is 13.1. The van der Waals surface area contributed by atoms with Crippen LogP contribution in [0.2, 0.25) is 0 Å². The van der Waals surface area contributed by atoms with E-state index in [0.717, 1.165) is 4.90 Å². The van der Waals surface area contributed by atoms with E-state index in [0.29, 0.717) is 15.8 Å². The number of hydrogen-bond donors (Lipinski definition) is 0. The predicted molar refractivity (Wildman–Crippen MR) is 82.1 cm³/mol. The summed E-state index contributed by atoms with van der Waals surface area (Å²) >= 11 is 4.69. The Kier molecular flexibility index (Phi) is 5.20. The van der Waals surface area contributed by atoms with E-state index < -0.39 is 0 Å². The van der Waals surface area contributed by atoms with Gasteiger partial charge in [-0.1, -0.05) is 12.1 Å². The van der Waals surface area contributed by atoms with Gasteiger partial charge in [-0.2, -0.15) is 0 Å². The van der Waals surface area contributed by atoms with Gasteiger partial charge in [0.2, 0.25) is 0 Å². The summed E-state index contributed by atoms with van der Waals surface area (Å²) in [5, 5.41) is 0. The van der Waals surface area contributed by atoms with Crippen LogP contribution in [0.1, 0.15) is 10.4 Å². The molecule has 0 aliphatic heterocycles. The number of thioether (sulfide) groups is 1. The van der Waals surface area contributed by atoms with E-state index in [1.165, 1.54) is 18.2 Å². The van der Waals surface area contributed by atoms with Crippen LogP contribution in [0.4, 0.5) is 4.39 Å². The molecular formula is C15H12BrFO2S. The van der Waals surface area contributed by atoms with Crippen LogP contribution in [-0.4, -0.2) is 18.6 Å². The summed E-state index contributed by atoms with van der Waals surface area (Å²) in [5.41, 5.74) is 0.601. The first-order valence-corrected chi connectivity index (χ1v) is 7.87. The highest BCUT2D eigenvalue weighted by Gasteiger charge is 2.08.